The fraction of sp³-hybridized carbons (Fsp3) is 0.368. The lowest BCUT2D eigenvalue weighted by molar-refractivity contribution is -0.136. The second-order valence-corrected chi connectivity index (χ2v) is 7.41. The smallest absolute Gasteiger partial charge is 0.317 e. The molecule has 11 heteroatoms. The van der Waals surface area contributed by atoms with Crippen molar-refractivity contribution in [1.82, 2.24) is 35.4 Å². The van der Waals surface area contributed by atoms with E-state index in [4.69, 9.17) is 0 Å². The monoisotopic (exact) mass is 411 g/mol. The standard InChI is InChI=1S/C19H21N7O4/c1-24(2)19(30)20-8-11-9-26(23-22-11)14-5-3-4-12-13(14)10-25(18(12)29)15-6-7-16(27)21-17(15)28/h3-5,9,15H,6-8,10H2,1-2H3,(H,20,30)(H,21,27,28). The minimum atomic E-state index is -0.678. The van der Waals surface area contributed by atoms with Crippen LogP contribution in [0.15, 0.2) is 24.4 Å². The third kappa shape index (κ3) is 3.49. The van der Waals surface area contributed by atoms with Crippen LogP contribution in [-0.2, 0) is 22.7 Å². The third-order valence-electron chi connectivity index (χ3n) is 5.17. The van der Waals surface area contributed by atoms with E-state index in [9.17, 15) is 19.2 Å². The molecule has 1 atom stereocenters. The van der Waals surface area contributed by atoms with Crippen LogP contribution in [0.4, 0.5) is 4.79 Å². The van der Waals surface area contributed by atoms with Gasteiger partial charge in [0.05, 0.1) is 18.4 Å². The Morgan fingerprint density at radius 2 is 2.10 bits per heavy atom. The van der Waals surface area contributed by atoms with E-state index in [1.54, 1.807) is 37.1 Å². The minimum absolute atomic E-state index is 0.203. The maximum Gasteiger partial charge on any atom is 0.317 e. The predicted octanol–water partition coefficient (Wildman–Crippen LogP) is -0.200. The van der Waals surface area contributed by atoms with Gasteiger partial charge in [0, 0.05) is 38.2 Å². The number of carbonyl (C=O) groups is 4. The van der Waals surface area contributed by atoms with Gasteiger partial charge in [0.15, 0.2) is 0 Å². The lowest BCUT2D eigenvalue weighted by Crippen LogP contribution is -2.52. The molecule has 2 aromatic rings. The second kappa shape index (κ2) is 7.58. The van der Waals surface area contributed by atoms with Gasteiger partial charge in [0.2, 0.25) is 11.8 Å². The zero-order valence-corrected chi connectivity index (χ0v) is 16.6. The van der Waals surface area contributed by atoms with Crippen molar-refractivity contribution < 1.29 is 19.2 Å². The molecule has 1 aromatic carbocycles. The van der Waals surface area contributed by atoms with E-state index >= 15 is 0 Å². The molecule has 0 radical (unpaired) electrons. The number of benzene rings is 1. The normalized spacial score (nSPS) is 18.3. The predicted molar refractivity (Wildman–Crippen MR) is 103 cm³/mol. The summed E-state index contributed by atoms with van der Waals surface area (Å²) in [5.41, 5.74) is 2.47. The van der Waals surface area contributed by atoms with Gasteiger partial charge in [-0.15, -0.1) is 5.10 Å². The van der Waals surface area contributed by atoms with Crippen molar-refractivity contribution in [3.05, 3.63) is 41.2 Å². The third-order valence-corrected chi connectivity index (χ3v) is 5.17. The molecule has 0 spiro atoms. The van der Waals surface area contributed by atoms with Crippen molar-refractivity contribution in [1.29, 1.82) is 0 Å². The maximum absolute atomic E-state index is 12.9. The number of nitrogens with one attached hydrogen (secondary N) is 2. The molecule has 1 unspecified atom stereocenters. The topological polar surface area (TPSA) is 130 Å². The van der Waals surface area contributed by atoms with Crippen LogP contribution in [0.3, 0.4) is 0 Å². The van der Waals surface area contributed by atoms with Crippen molar-refractivity contribution in [2.45, 2.75) is 32.0 Å². The molecule has 3 heterocycles. The van der Waals surface area contributed by atoms with E-state index in [0.29, 0.717) is 23.4 Å². The van der Waals surface area contributed by atoms with E-state index < -0.39 is 11.9 Å². The molecular formula is C19H21N7O4. The Hall–Kier alpha value is -3.76. The van der Waals surface area contributed by atoms with E-state index in [1.807, 2.05) is 6.07 Å². The van der Waals surface area contributed by atoms with Crippen LogP contribution in [0.5, 0.6) is 0 Å². The summed E-state index contributed by atoms with van der Waals surface area (Å²) in [7, 11) is 3.29. The fourth-order valence-electron chi connectivity index (χ4n) is 3.61. The summed E-state index contributed by atoms with van der Waals surface area (Å²) >= 11 is 0. The highest BCUT2D eigenvalue weighted by Gasteiger charge is 2.40. The first kappa shape index (κ1) is 19.6. The fourth-order valence-corrected chi connectivity index (χ4v) is 3.61. The highest BCUT2D eigenvalue weighted by atomic mass is 16.2. The largest absolute Gasteiger partial charge is 0.332 e. The molecule has 1 fully saturated rings. The van der Waals surface area contributed by atoms with Gasteiger partial charge < -0.3 is 15.1 Å². The Labute approximate surface area is 172 Å². The highest BCUT2D eigenvalue weighted by molar-refractivity contribution is 6.05. The number of carbonyl (C=O) groups excluding carboxylic acids is 4. The van der Waals surface area contributed by atoms with E-state index in [0.717, 1.165) is 5.56 Å². The van der Waals surface area contributed by atoms with Gasteiger partial charge in [0.1, 0.15) is 11.7 Å². The Kier molecular flexibility index (Phi) is 4.94. The summed E-state index contributed by atoms with van der Waals surface area (Å²) in [6.45, 7) is 0.455. The summed E-state index contributed by atoms with van der Waals surface area (Å²) < 4.78 is 1.55. The van der Waals surface area contributed by atoms with E-state index in [-0.39, 0.29) is 37.4 Å². The van der Waals surface area contributed by atoms with Crippen molar-refractivity contribution in [2.24, 2.45) is 0 Å². The summed E-state index contributed by atoms with van der Waals surface area (Å²) in [5.74, 6) is -1.02. The average molecular weight is 411 g/mol. The van der Waals surface area contributed by atoms with Crippen molar-refractivity contribution in [2.75, 3.05) is 14.1 Å². The van der Waals surface area contributed by atoms with E-state index in [1.165, 1.54) is 9.80 Å². The van der Waals surface area contributed by atoms with Crippen molar-refractivity contribution in [3.8, 4) is 5.69 Å². The molecule has 2 aliphatic heterocycles. The van der Waals surface area contributed by atoms with Crippen LogP contribution in [0.2, 0.25) is 0 Å². The van der Waals surface area contributed by atoms with Crippen LogP contribution in [0, 0.1) is 0 Å². The van der Waals surface area contributed by atoms with Gasteiger partial charge in [-0.3, -0.25) is 19.7 Å². The highest BCUT2D eigenvalue weighted by Crippen LogP contribution is 2.31. The molecule has 30 heavy (non-hydrogen) atoms. The van der Waals surface area contributed by atoms with Crippen LogP contribution in [0.1, 0.15) is 34.5 Å². The van der Waals surface area contributed by atoms with Crippen LogP contribution in [0.25, 0.3) is 5.69 Å². The van der Waals surface area contributed by atoms with Crippen LogP contribution >= 0.6 is 0 Å². The van der Waals surface area contributed by atoms with Crippen molar-refractivity contribution >= 4 is 23.8 Å². The molecular weight excluding hydrogens is 390 g/mol. The lowest BCUT2D eigenvalue weighted by atomic mass is 10.0. The van der Waals surface area contributed by atoms with Crippen LogP contribution < -0.4 is 10.6 Å². The number of imide groups is 1. The maximum atomic E-state index is 12.9. The second-order valence-electron chi connectivity index (χ2n) is 7.41. The molecule has 0 aliphatic carbocycles. The lowest BCUT2D eigenvalue weighted by Gasteiger charge is -2.29. The molecule has 11 nitrogen and oxygen atoms in total. The first-order chi connectivity index (χ1) is 14.3. The number of amides is 5. The van der Waals surface area contributed by atoms with Gasteiger partial charge in [0.25, 0.3) is 5.91 Å². The average Bonchev–Trinajstić information content (AvgIpc) is 3.31. The molecule has 2 N–H and O–H groups in total. The SMILES string of the molecule is CN(C)C(=O)NCc1cn(-c2cccc3c2CN(C2CCC(=O)NC2=O)C3=O)nn1. The number of hydrogen-bond donors (Lipinski definition) is 2. The molecule has 0 bridgehead atoms. The number of aromatic nitrogens is 3. The quantitative estimate of drug-likeness (QED) is 0.671. The first-order valence-electron chi connectivity index (χ1n) is 9.48. The molecule has 1 saturated heterocycles. The number of piperidine rings is 1. The van der Waals surface area contributed by atoms with Crippen molar-refractivity contribution in [3.63, 3.8) is 0 Å². The molecule has 1 aromatic heterocycles. The zero-order valence-electron chi connectivity index (χ0n) is 16.6. The molecule has 0 saturated carbocycles. The Morgan fingerprint density at radius 3 is 2.83 bits per heavy atom. The number of urea groups is 1. The number of nitrogens with zero attached hydrogens (tertiary/aromatic N) is 5. The number of hydrogen-bond acceptors (Lipinski definition) is 6. The van der Waals surface area contributed by atoms with Gasteiger partial charge in [-0.05, 0) is 18.6 Å². The minimum Gasteiger partial charge on any atom is -0.332 e. The molecule has 156 valence electrons. The molecule has 5 amide bonds. The summed E-state index contributed by atoms with van der Waals surface area (Å²) in [6.07, 6.45) is 2.19. The summed E-state index contributed by atoms with van der Waals surface area (Å²) in [4.78, 5) is 51.2. The van der Waals surface area contributed by atoms with Gasteiger partial charge in [-0.25, -0.2) is 9.48 Å². The Balaban J connectivity index is 1.56. The molecule has 4 rings (SSSR count). The van der Waals surface area contributed by atoms with E-state index in [2.05, 4.69) is 20.9 Å². The van der Waals surface area contributed by atoms with Gasteiger partial charge in [-0.1, -0.05) is 11.3 Å². The first-order valence-corrected chi connectivity index (χ1v) is 9.48. The summed E-state index contributed by atoms with van der Waals surface area (Å²) in [5, 5.41) is 13.2. The summed E-state index contributed by atoms with van der Waals surface area (Å²) in [6, 6.07) is 4.35. The number of fused-ring (bicyclic) bond motifs is 1. The van der Waals surface area contributed by atoms with Gasteiger partial charge in [-0.2, -0.15) is 0 Å². The Bertz CT molecular complexity index is 1050. The zero-order chi connectivity index (χ0) is 21.4. The van der Waals surface area contributed by atoms with Crippen LogP contribution in [-0.4, -0.2) is 68.7 Å². The Morgan fingerprint density at radius 1 is 1.30 bits per heavy atom. The van der Waals surface area contributed by atoms with Gasteiger partial charge >= 0.3 is 6.03 Å². The number of rotatable bonds is 4. The molecule has 2 aliphatic rings.